The Morgan fingerprint density at radius 2 is 1.55 bits per heavy atom. The summed E-state index contributed by atoms with van der Waals surface area (Å²) in [7, 11) is 0. The Bertz CT molecular complexity index is 779. The zero-order valence-electron chi connectivity index (χ0n) is 22.7. The topological polar surface area (TPSA) is 60.7 Å². The molecule has 0 radical (unpaired) electrons. The smallest absolute Gasteiger partial charge is 0.0654 e. The van der Waals surface area contributed by atoms with Crippen LogP contribution in [-0.2, 0) is 0 Å². The van der Waals surface area contributed by atoms with Crippen molar-refractivity contribution in [3.8, 4) is 0 Å². The first-order valence-electron chi connectivity index (χ1n) is 13.8. The second-order valence-electron chi connectivity index (χ2n) is 14.5. The standard InChI is InChI=1S/C30H52O3/c1-19(2)10-9-14-30(8,33)20-11-16-29(7)25(20)21(31)18-23-27(5)15-13-24(32)26(3,4)22(27)12-17-28(23,29)6/h10,20-25,31-33H,9,11-18H2,1-8H3/t20?,21-,22?,23?,24+,25+,27+,28-,29?,30-/m1/s1. The molecule has 4 aliphatic carbocycles. The Morgan fingerprint density at radius 1 is 0.909 bits per heavy atom. The van der Waals surface area contributed by atoms with E-state index in [2.05, 4.69) is 54.5 Å². The van der Waals surface area contributed by atoms with Crippen molar-refractivity contribution in [2.24, 2.45) is 45.3 Å². The van der Waals surface area contributed by atoms with E-state index in [1.54, 1.807) is 0 Å². The second kappa shape index (κ2) is 8.07. The maximum absolute atomic E-state index is 11.8. The van der Waals surface area contributed by atoms with E-state index in [9.17, 15) is 15.3 Å². The summed E-state index contributed by atoms with van der Waals surface area (Å²) in [6.07, 6.45) is 10.6. The summed E-state index contributed by atoms with van der Waals surface area (Å²) in [6, 6.07) is 0. The quantitative estimate of drug-likeness (QED) is 0.420. The molecule has 0 amide bonds. The zero-order chi connectivity index (χ0) is 24.6. The van der Waals surface area contributed by atoms with Gasteiger partial charge in [-0.2, -0.15) is 0 Å². The minimum absolute atomic E-state index is 0.0503. The summed E-state index contributed by atoms with van der Waals surface area (Å²) >= 11 is 0. The summed E-state index contributed by atoms with van der Waals surface area (Å²) in [4.78, 5) is 0. The third-order valence-electron chi connectivity index (χ3n) is 12.4. The fourth-order valence-electron chi connectivity index (χ4n) is 10.3. The Balaban J connectivity index is 1.66. The van der Waals surface area contributed by atoms with Crippen LogP contribution in [0.4, 0.5) is 0 Å². The molecule has 4 saturated carbocycles. The van der Waals surface area contributed by atoms with Crippen LogP contribution in [0.2, 0.25) is 0 Å². The Morgan fingerprint density at radius 3 is 2.18 bits per heavy atom. The molecule has 0 spiro atoms. The van der Waals surface area contributed by atoms with Gasteiger partial charge in [0, 0.05) is 0 Å². The lowest BCUT2D eigenvalue weighted by Gasteiger charge is -2.70. The third kappa shape index (κ3) is 3.61. The highest BCUT2D eigenvalue weighted by Crippen LogP contribution is 2.75. The number of allylic oxidation sites excluding steroid dienone is 2. The van der Waals surface area contributed by atoms with Crippen molar-refractivity contribution in [2.45, 2.75) is 131 Å². The minimum Gasteiger partial charge on any atom is -0.393 e. The van der Waals surface area contributed by atoms with Crippen LogP contribution in [0.5, 0.6) is 0 Å². The van der Waals surface area contributed by atoms with Crippen molar-refractivity contribution in [1.82, 2.24) is 0 Å². The van der Waals surface area contributed by atoms with Crippen LogP contribution in [-0.4, -0.2) is 33.1 Å². The van der Waals surface area contributed by atoms with Gasteiger partial charge in [-0.1, -0.05) is 46.3 Å². The molecule has 4 unspecified atom stereocenters. The van der Waals surface area contributed by atoms with E-state index >= 15 is 0 Å². The highest BCUT2D eigenvalue weighted by atomic mass is 16.3. The molecule has 10 atom stereocenters. The molecule has 0 aromatic rings. The molecule has 0 bridgehead atoms. The summed E-state index contributed by atoms with van der Waals surface area (Å²) < 4.78 is 0. The van der Waals surface area contributed by atoms with Gasteiger partial charge in [0.15, 0.2) is 0 Å². The van der Waals surface area contributed by atoms with E-state index in [4.69, 9.17) is 0 Å². The fraction of sp³-hybridized carbons (Fsp3) is 0.933. The van der Waals surface area contributed by atoms with Gasteiger partial charge in [0.05, 0.1) is 17.8 Å². The van der Waals surface area contributed by atoms with E-state index in [0.717, 1.165) is 44.9 Å². The second-order valence-corrected chi connectivity index (χ2v) is 14.5. The Hall–Kier alpha value is -0.380. The first kappa shape index (κ1) is 25.7. The van der Waals surface area contributed by atoms with Crippen LogP contribution < -0.4 is 0 Å². The van der Waals surface area contributed by atoms with E-state index < -0.39 is 5.60 Å². The van der Waals surface area contributed by atoms with Gasteiger partial charge in [0.1, 0.15) is 0 Å². The van der Waals surface area contributed by atoms with Crippen molar-refractivity contribution in [3.63, 3.8) is 0 Å². The van der Waals surface area contributed by atoms with E-state index in [1.807, 2.05) is 6.92 Å². The first-order chi connectivity index (χ1) is 15.1. The van der Waals surface area contributed by atoms with Gasteiger partial charge in [0.25, 0.3) is 0 Å². The number of aliphatic hydroxyl groups is 3. The number of hydrogen-bond acceptors (Lipinski definition) is 3. The predicted octanol–water partition coefficient (Wildman–Crippen LogP) is 6.50. The lowest BCUT2D eigenvalue weighted by Crippen LogP contribution is -2.66. The average molecular weight is 461 g/mol. The van der Waals surface area contributed by atoms with Crippen molar-refractivity contribution in [2.75, 3.05) is 0 Å². The molecule has 4 aliphatic rings. The molecule has 0 heterocycles. The minimum atomic E-state index is -0.739. The lowest BCUT2D eigenvalue weighted by atomic mass is 9.35. The molecule has 0 aliphatic heterocycles. The highest BCUT2D eigenvalue weighted by Gasteiger charge is 2.71. The molecular weight excluding hydrogens is 408 g/mol. The van der Waals surface area contributed by atoms with Crippen LogP contribution in [0.25, 0.3) is 0 Å². The normalized spacial score (nSPS) is 50.5. The summed E-state index contributed by atoms with van der Waals surface area (Å²) in [5.41, 5.74) is 0.885. The number of hydrogen-bond donors (Lipinski definition) is 3. The summed E-state index contributed by atoms with van der Waals surface area (Å²) in [6.45, 7) is 18.3. The van der Waals surface area contributed by atoms with Gasteiger partial charge in [0.2, 0.25) is 0 Å². The van der Waals surface area contributed by atoms with Crippen molar-refractivity contribution < 1.29 is 15.3 Å². The molecule has 3 nitrogen and oxygen atoms in total. The molecular formula is C30H52O3. The number of rotatable bonds is 4. The monoisotopic (exact) mass is 460 g/mol. The predicted molar refractivity (Wildman–Crippen MR) is 136 cm³/mol. The van der Waals surface area contributed by atoms with Crippen LogP contribution >= 0.6 is 0 Å². The molecule has 33 heavy (non-hydrogen) atoms. The summed E-state index contributed by atoms with van der Waals surface area (Å²) in [5.74, 6) is 1.31. The number of fused-ring (bicyclic) bond motifs is 5. The van der Waals surface area contributed by atoms with Crippen molar-refractivity contribution in [3.05, 3.63) is 11.6 Å². The first-order valence-corrected chi connectivity index (χ1v) is 13.8. The lowest BCUT2D eigenvalue weighted by molar-refractivity contribution is -0.246. The fourth-order valence-corrected chi connectivity index (χ4v) is 10.3. The molecule has 0 saturated heterocycles. The molecule has 0 aromatic heterocycles. The number of aliphatic hydroxyl groups excluding tert-OH is 2. The molecule has 0 aromatic carbocycles. The molecule has 4 rings (SSSR count). The Labute approximate surface area is 203 Å². The van der Waals surface area contributed by atoms with E-state index in [0.29, 0.717) is 11.8 Å². The van der Waals surface area contributed by atoms with Crippen LogP contribution in [0.3, 0.4) is 0 Å². The van der Waals surface area contributed by atoms with E-state index in [-0.39, 0.29) is 45.7 Å². The molecule has 3 heteroatoms. The SMILES string of the molecule is CC(C)=CCC[C@@](C)(O)C1CCC2(C)[C@@H]1[C@H](O)CC1[C@@]3(C)CC[C@H](O)C(C)(C)C3CC[C@]12C. The van der Waals surface area contributed by atoms with Gasteiger partial charge in [-0.05, 0) is 124 Å². The maximum atomic E-state index is 11.8. The van der Waals surface area contributed by atoms with Gasteiger partial charge in [-0.3, -0.25) is 0 Å². The van der Waals surface area contributed by atoms with Gasteiger partial charge < -0.3 is 15.3 Å². The summed E-state index contributed by atoms with van der Waals surface area (Å²) in [5, 5.41) is 34.3. The zero-order valence-corrected chi connectivity index (χ0v) is 22.7. The van der Waals surface area contributed by atoms with Crippen molar-refractivity contribution in [1.29, 1.82) is 0 Å². The van der Waals surface area contributed by atoms with Crippen LogP contribution in [0.15, 0.2) is 11.6 Å². The van der Waals surface area contributed by atoms with Gasteiger partial charge in [-0.15, -0.1) is 0 Å². The van der Waals surface area contributed by atoms with Gasteiger partial charge >= 0.3 is 0 Å². The maximum Gasteiger partial charge on any atom is 0.0654 e. The highest BCUT2D eigenvalue weighted by molar-refractivity contribution is 5.20. The van der Waals surface area contributed by atoms with Crippen LogP contribution in [0.1, 0.15) is 113 Å². The average Bonchev–Trinajstić information content (AvgIpc) is 3.08. The van der Waals surface area contributed by atoms with Gasteiger partial charge in [-0.25, -0.2) is 0 Å². The Kier molecular flexibility index (Phi) is 6.28. The van der Waals surface area contributed by atoms with Crippen LogP contribution in [0, 0.1) is 45.3 Å². The van der Waals surface area contributed by atoms with E-state index in [1.165, 1.54) is 18.4 Å². The molecule has 190 valence electrons. The molecule has 3 N–H and O–H groups in total. The van der Waals surface area contributed by atoms with Crippen molar-refractivity contribution >= 4 is 0 Å². The third-order valence-corrected chi connectivity index (χ3v) is 12.4. The largest absolute Gasteiger partial charge is 0.393 e. The molecule has 4 fully saturated rings.